The Balaban J connectivity index is 1.39. The standard InChI is InChI=1S/C24H33N3O/c1-20-8-7-9-21(18-20)23(26-14-5-6-15-26)19-24(28)27-16-10-22(11-17-27)25-12-3-2-4-13-25/h5-9,14-15,18,22-23H,2-4,10-13,16-17,19H2,1H3. The summed E-state index contributed by atoms with van der Waals surface area (Å²) in [6, 6.07) is 13.4. The molecule has 150 valence electrons. The average molecular weight is 380 g/mol. The van der Waals surface area contributed by atoms with Gasteiger partial charge >= 0.3 is 0 Å². The number of nitrogens with zero attached hydrogens (tertiary/aromatic N) is 3. The average Bonchev–Trinajstić information content (AvgIpc) is 3.27. The monoisotopic (exact) mass is 379 g/mol. The van der Waals surface area contributed by atoms with Gasteiger partial charge in [-0.15, -0.1) is 0 Å². The largest absolute Gasteiger partial charge is 0.346 e. The topological polar surface area (TPSA) is 28.5 Å². The van der Waals surface area contributed by atoms with E-state index < -0.39 is 0 Å². The first-order valence-electron chi connectivity index (χ1n) is 10.9. The lowest BCUT2D eigenvalue weighted by molar-refractivity contribution is -0.133. The minimum Gasteiger partial charge on any atom is -0.346 e. The third-order valence-corrected chi connectivity index (χ3v) is 6.51. The van der Waals surface area contributed by atoms with Crippen molar-refractivity contribution >= 4 is 5.91 Å². The highest BCUT2D eigenvalue weighted by Crippen LogP contribution is 2.26. The first-order chi connectivity index (χ1) is 13.7. The molecule has 1 aromatic heterocycles. The molecule has 0 saturated carbocycles. The van der Waals surface area contributed by atoms with Gasteiger partial charge in [-0.1, -0.05) is 36.2 Å². The number of carbonyl (C=O) groups excluding carboxylic acids is 1. The second kappa shape index (κ2) is 8.95. The number of aromatic nitrogens is 1. The first-order valence-corrected chi connectivity index (χ1v) is 10.9. The number of benzene rings is 1. The van der Waals surface area contributed by atoms with E-state index in [1.807, 2.05) is 12.1 Å². The zero-order chi connectivity index (χ0) is 19.3. The summed E-state index contributed by atoms with van der Waals surface area (Å²) in [5, 5.41) is 0. The van der Waals surface area contributed by atoms with E-state index in [1.54, 1.807) is 0 Å². The Kier molecular flexibility index (Phi) is 6.16. The number of carbonyl (C=O) groups is 1. The van der Waals surface area contributed by atoms with Crippen molar-refractivity contribution < 1.29 is 4.79 Å². The maximum atomic E-state index is 13.1. The number of rotatable bonds is 5. The van der Waals surface area contributed by atoms with E-state index in [2.05, 4.69) is 57.9 Å². The summed E-state index contributed by atoms with van der Waals surface area (Å²) in [5.74, 6) is 0.289. The van der Waals surface area contributed by atoms with Gasteiger partial charge in [0.2, 0.25) is 5.91 Å². The molecule has 2 aromatic rings. The fourth-order valence-electron chi connectivity index (χ4n) is 4.89. The minimum absolute atomic E-state index is 0.0715. The Bertz CT molecular complexity index is 756. The molecular weight excluding hydrogens is 346 g/mol. The molecule has 2 saturated heterocycles. The van der Waals surface area contributed by atoms with Gasteiger partial charge in [-0.3, -0.25) is 4.79 Å². The highest BCUT2D eigenvalue weighted by atomic mass is 16.2. The second-order valence-corrected chi connectivity index (χ2v) is 8.47. The van der Waals surface area contributed by atoms with Crippen molar-refractivity contribution in [3.8, 4) is 0 Å². The van der Waals surface area contributed by atoms with Crippen LogP contribution in [0.4, 0.5) is 0 Å². The molecule has 1 atom stereocenters. The van der Waals surface area contributed by atoms with Crippen LogP contribution in [0.5, 0.6) is 0 Å². The lowest BCUT2D eigenvalue weighted by atomic mass is 9.98. The zero-order valence-electron chi connectivity index (χ0n) is 17.1. The van der Waals surface area contributed by atoms with E-state index in [0.29, 0.717) is 12.5 Å². The van der Waals surface area contributed by atoms with Crippen LogP contribution in [0.3, 0.4) is 0 Å². The van der Waals surface area contributed by atoms with Crippen molar-refractivity contribution in [3.63, 3.8) is 0 Å². The predicted octanol–water partition coefficient (Wildman–Crippen LogP) is 4.25. The highest BCUT2D eigenvalue weighted by Gasteiger charge is 2.29. The SMILES string of the molecule is Cc1cccc(C(CC(=O)N2CCC(N3CCCCC3)CC2)n2cccc2)c1. The summed E-state index contributed by atoms with van der Waals surface area (Å²) >= 11 is 0. The van der Waals surface area contributed by atoms with Crippen LogP contribution < -0.4 is 0 Å². The summed E-state index contributed by atoms with van der Waals surface area (Å²) < 4.78 is 2.17. The fourth-order valence-corrected chi connectivity index (χ4v) is 4.89. The van der Waals surface area contributed by atoms with Gasteiger partial charge < -0.3 is 14.4 Å². The second-order valence-electron chi connectivity index (χ2n) is 8.47. The molecule has 1 aromatic carbocycles. The van der Waals surface area contributed by atoms with E-state index in [1.165, 1.54) is 43.5 Å². The predicted molar refractivity (Wildman–Crippen MR) is 113 cm³/mol. The number of aryl methyl sites for hydroxylation is 1. The van der Waals surface area contributed by atoms with Crippen molar-refractivity contribution in [1.82, 2.24) is 14.4 Å². The molecular formula is C24H33N3O. The molecule has 2 aliphatic heterocycles. The molecule has 0 aliphatic carbocycles. The van der Waals surface area contributed by atoms with E-state index >= 15 is 0 Å². The van der Waals surface area contributed by atoms with Gasteiger partial charge in [0.15, 0.2) is 0 Å². The van der Waals surface area contributed by atoms with Gasteiger partial charge in [-0.2, -0.15) is 0 Å². The number of hydrogen-bond donors (Lipinski definition) is 0. The maximum absolute atomic E-state index is 13.1. The van der Waals surface area contributed by atoms with Crippen molar-refractivity contribution in [1.29, 1.82) is 0 Å². The lowest BCUT2D eigenvalue weighted by Crippen LogP contribution is -2.48. The van der Waals surface area contributed by atoms with E-state index in [0.717, 1.165) is 25.9 Å². The molecule has 0 spiro atoms. The Morgan fingerprint density at radius 2 is 1.71 bits per heavy atom. The van der Waals surface area contributed by atoms with Crippen molar-refractivity contribution in [2.24, 2.45) is 0 Å². The molecule has 3 heterocycles. The minimum atomic E-state index is 0.0715. The summed E-state index contributed by atoms with van der Waals surface area (Å²) in [5.41, 5.74) is 2.46. The van der Waals surface area contributed by atoms with Gasteiger partial charge in [0.1, 0.15) is 0 Å². The first kappa shape index (κ1) is 19.3. The number of amides is 1. The molecule has 4 heteroatoms. The van der Waals surface area contributed by atoms with Crippen molar-refractivity contribution in [2.45, 2.75) is 57.5 Å². The van der Waals surface area contributed by atoms with Gasteiger partial charge in [-0.05, 0) is 63.4 Å². The molecule has 4 nitrogen and oxygen atoms in total. The van der Waals surface area contributed by atoms with Crippen LogP contribution in [-0.4, -0.2) is 52.5 Å². The van der Waals surface area contributed by atoms with Crippen LogP contribution in [0.15, 0.2) is 48.8 Å². The molecule has 0 radical (unpaired) electrons. The Morgan fingerprint density at radius 1 is 1.00 bits per heavy atom. The summed E-state index contributed by atoms with van der Waals surface area (Å²) in [7, 11) is 0. The summed E-state index contributed by atoms with van der Waals surface area (Å²) in [4.78, 5) is 17.9. The van der Waals surface area contributed by atoms with Gasteiger partial charge in [0.25, 0.3) is 0 Å². The number of piperidine rings is 2. The van der Waals surface area contributed by atoms with Gasteiger partial charge in [0.05, 0.1) is 12.5 Å². The third kappa shape index (κ3) is 4.49. The normalized spacial score (nSPS) is 20.2. The molecule has 28 heavy (non-hydrogen) atoms. The van der Waals surface area contributed by atoms with E-state index in [-0.39, 0.29) is 11.9 Å². The molecule has 4 rings (SSSR count). The quantitative estimate of drug-likeness (QED) is 0.777. The molecule has 1 amide bonds. The summed E-state index contributed by atoms with van der Waals surface area (Å²) in [6.45, 7) is 6.44. The Labute approximate surface area is 169 Å². The van der Waals surface area contributed by atoms with Crippen molar-refractivity contribution in [2.75, 3.05) is 26.2 Å². The third-order valence-electron chi connectivity index (χ3n) is 6.51. The smallest absolute Gasteiger partial charge is 0.225 e. The highest BCUT2D eigenvalue weighted by molar-refractivity contribution is 5.77. The van der Waals surface area contributed by atoms with Crippen LogP contribution in [0.1, 0.15) is 55.7 Å². The Hall–Kier alpha value is -2.07. The van der Waals surface area contributed by atoms with E-state index in [4.69, 9.17) is 0 Å². The van der Waals surface area contributed by atoms with Gasteiger partial charge in [0, 0.05) is 31.5 Å². The molecule has 0 N–H and O–H groups in total. The van der Waals surface area contributed by atoms with Crippen LogP contribution in [0.25, 0.3) is 0 Å². The fraction of sp³-hybridized carbons (Fsp3) is 0.542. The van der Waals surface area contributed by atoms with Crippen molar-refractivity contribution in [3.05, 3.63) is 59.9 Å². The van der Waals surface area contributed by atoms with Gasteiger partial charge in [-0.25, -0.2) is 0 Å². The number of likely N-dealkylation sites (tertiary alicyclic amines) is 2. The molecule has 0 bridgehead atoms. The van der Waals surface area contributed by atoms with Crippen LogP contribution in [-0.2, 0) is 4.79 Å². The zero-order valence-corrected chi connectivity index (χ0v) is 17.1. The molecule has 2 aliphatic rings. The number of hydrogen-bond acceptors (Lipinski definition) is 2. The maximum Gasteiger partial charge on any atom is 0.225 e. The Morgan fingerprint density at radius 3 is 2.39 bits per heavy atom. The van der Waals surface area contributed by atoms with Crippen LogP contribution in [0, 0.1) is 6.92 Å². The van der Waals surface area contributed by atoms with Crippen LogP contribution >= 0.6 is 0 Å². The van der Waals surface area contributed by atoms with Crippen LogP contribution in [0.2, 0.25) is 0 Å². The summed E-state index contributed by atoms with van der Waals surface area (Å²) in [6.07, 6.45) is 11.0. The molecule has 2 fully saturated rings. The molecule has 1 unspecified atom stereocenters. The van der Waals surface area contributed by atoms with E-state index in [9.17, 15) is 4.79 Å². The lowest BCUT2D eigenvalue weighted by Gasteiger charge is -2.40.